The highest BCUT2D eigenvalue weighted by Gasteiger charge is 2.16. The summed E-state index contributed by atoms with van der Waals surface area (Å²) in [7, 11) is 0. The maximum atomic E-state index is 5.43. The van der Waals surface area contributed by atoms with Crippen molar-refractivity contribution in [2.75, 3.05) is 12.1 Å². The third kappa shape index (κ3) is 2.42. The number of anilines is 1. The Labute approximate surface area is 139 Å². The summed E-state index contributed by atoms with van der Waals surface area (Å²) in [5.74, 6) is 3.11. The minimum atomic E-state index is 0.285. The molecule has 0 spiro atoms. The van der Waals surface area contributed by atoms with E-state index in [0.29, 0.717) is 6.54 Å². The van der Waals surface area contributed by atoms with Gasteiger partial charge >= 0.3 is 0 Å². The second-order valence-electron chi connectivity index (χ2n) is 5.76. The van der Waals surface area contributed by atoms with Gasteiger partial charge in [0.15, 0.2) is 17.3 Å². The van der Waals surface area contributed by atoms with E-state index in [1.165, 1.54) is 0 Å². The first-order chi connectivity index (χ1) is 11.7. The van der Waals surface area contributed by atoms with Crippen LogP contribution in [0.2, 0.25) is 0 Å². The zero-order valence-electron chi connectivity index (χ0n) is 14.0. The summed E-state index contributed by atoms with van der Waals surface area (Å²) in [4.78, 5) is 9.11. The van der Waals surface area contributed by atoms with Crippen molar-refractivity contribution < 1.29 is 9.47 Å². The molecule has 0 radical (unpaired) electrons. The minimum absolute atomic E-state index is 0.285. The molecule has 7 heteroatoms. The van der Waals surface area contributed by atoms with Crippen LogP contribution in [-0.2, 0) is 13.1 Å². The van der Waals surface area contributed by atoms with Gasteiger partial charge in [-0.3, -0.25) is 4.68 Å². The van der Waals surface area contributed by atoms with E-state index < -0.39 is 0 Å². The van der Waals surface area contributed by atoms with Crippen molar-refractivity contribution >= 4 is 16.9 Å². The first-order valence-corrected chi connectivity index (χ1v) is 8.00. The average Bonchev–Trinajstić information content (AvgIpc) is 3.16. The first-order valence-electron chi connectivity index (χ1n) is 8.00. The number of aryl methyl sites for hydroxylation is 3. The van der Waals surface area contributed by atoms with Crippen molar-refractivity contribution in [3.05, 3.63) is 35.3 Å². The van der Waals surface area contributed by atoms with E-state index in [2.05, 4.69) is 27.3 Å². The lowest BCUT2D eigenvalue weighted by Crippen LogP contribution is -2.07. The summed E-state index contributed by atoms with van der Waals surface area (Å²) >= 11 is 0. The highest BCUT2D eigenvalue weighted by molar-refractivity contribution is 5.87. The monoisotopic (exact) mass is 325 g/mol. The third-order valence-electron chi connectivity index (χ3n) is 4.06. The Bertz CT molecular complexity index is 919. The van der Waals surface area contributed by atoms with Crippen LogP contribution in [0.1, 0.15) is 24.0 Å². The van der Waals surface area contributed by atoms with Crippen LogP contribution >= 0.6 is 0 Å². The number of hydrogen-bond acceptors (Lipinski definition) is 6. The van der Waals surface area contributed by atoms with Crippen LogP contribution in [0.15, 0.2) is 18.2 Å². The third-order valence-corrected chi connectivity index (χ3v) is 4.06. The molecule has 2 aromatic heterocycles. The lowest BCUT2D eigenvalue weighted by atomic mass is 10.2. The molecule has 1 aliphatic rings. The van der Waals surface area contributed by atoms with Gasteiger partial charge in [-0.15, -0.1) is 0 Å². The molecular formula is C17H19N5O2. The summed E-state index contributed by atoms with van der Waals surface area (Å²) < 4.78 is 12.7. The standard InChI is InChI=1S/C17H19N5O2/c1-4-22-16-15(10(2)21-22)19-11(3)20-17(16)18-8-12-5-6-13-14(7-12)24-9-23-13/h5-7H,4,8-9H2,1-3H3,(H,18,19,20). The molecular weight excluding hydrogens is 306 g/mol. The van der Waals surface area contributed by atoms with Crippen LogP contribution in [0, 0.1) is 13.8 Å². The van der Waals surface area contributed by atoms with E-state index in [0.717, 1.165) is 52.0 Å². The predicted octanol–water partition coefficient (Wildman–Crippen LogP) is 2.80. The zero-order chi connectivity index (χ0) is 16.7. The number of fused-ring (bicyclic) bond motifs is 2. The van der Waals surface area contributed by atoms with Gasteiger partial charge in [0, 0.05) is 13.1 Å². The Hall–Kier alpha value is -2.83. The molecule has 3 aromatic rings. The molecule has 3 heterocycles. The van der Waals surface area contributed by atoms with Crippen LogP contribution in [-0.4, -0.2) is 26.5 Å². The molecule has 0 aliphatic carbocycles. The quantitative estimate of drug-likeness (QED) is 0.795. The lowest BCUT2D eigenvalue weighted by Gasteiger charge is -2.10. The fraction of sp³-hybridized carbons (Fsp3) is 0.353. The van der Waals surface area contributed by atoms with Crippen molar-refractivity contribution in [1.82, 2.24) is 19.7 Å². The highest BCUT2D eigenvalue weighted by Crippen LogP contribution is 2.33. The molecule has 7 nitrogen and oxygen atoms in total. The predicted molar refractivity (Wildman–Crippen MR) is 90.4 cm³/mol. The Morgan fingerprint density at radius 1 is 1.17 bits per heavy atom. The highest BCUT2D eigenvalue weighted by atomic mass is 16.7. The molecule has 0 saturated carbocycles. The van der Waals surface area contributed by atoms with Gasteiger partial charge in [0.25, 0.3) is 0 Å². The maximum absolute atomic E-state index is 5.43. The van der Waals surface area contributed by atoms with E-state index in [4.69, 9.17) is 9.47 Å². The molecule has 0 unspecified atom stereocenters. The van der Waals surface area contributed by atoms with Gasteiger partial charge in [-0.05, 0) is 38.5 Å². The number of benzene rings is 1. The fourth-order valence-corrected chi connectivity index (χ4v) is 2.93. The number of nitrogens with zero attached hydrogens (tertiary/aromatic N) is 4. The van der Waals surface area contributed by atoms with Gasteiger partial charge < -0.3 is 14.8 Å². The van der Waals surface area contributed by atoms with E-state index in [-0.39, 0.29) is 6.79 Å². The summed E-state index contributed by atoms with van der Waals surface area (Å²) in [5.41, 5.74) is 3.87. The Morgan fingerprint density at radius 2 is 2.00 bits per heavy atom. The van der Waals surface area contributed by atoms with Gasteiger partial charge in [0.05, 0.1) is 5.69 Å². The van der Waals surface area contributed by atoms with Gasteiger partial charge in [-0.2, -0.15) is 5.10 Å². The largest absolute Gasteiger partial charge is 0.454 e. The molecule has 0 fully saturated rings. The van der Waals surface area contributed by atoms with E-state index in [9.17, 15) is 0 Å². The number of rotatable bonds is 4. The SMILES string of the molecule is CCn1nc(C)c2nc(C)nc(NCc3ccc4c(c3)OCO4)c21. The molecule has 124 valence electrons. The van der Waals surface area contributed by atoms with Crippen LogP contribution in [0.5, 0.6) is 11.5 Å². The molecule has 24 heavy (non-hydrogen) atoms. The van der Waals surface area contributed by atoms with Crippen LogP contribution in [0.4, 0.5) is 5.82 Å². The second kappa shape index (κ2) is 5.67. The lowest BCUT2D eigenvalue weighted by molar-refractivity contribution is 0.174. The maximum Gasteiger partial charge on any atom is 0.231 e. The van der Waals surface area contributed by atoms with Gasteiger partial charge in [0.2, 0.25) is 6.79 Å². The summed E-state index contributed by atoms with van der Waals surface area (Å²) in [6, 6.07) is 5.94. The number of nitrogens with one attached hydrogen (secondary N) is 1. The van der Waals surface area contributed by atoms with Crippen molar-refractivity contribution in [2.45, 2.75) is 33.9 Å². The van der Waals surface area contributed by atoms with Crippen LogP contribution in [0.25, 0.3) is 11.0 Å². The van der Waals surface area contributed by atoms with Gasteiger partial charge in [0.1, 0.15) is 16.9 Å². The Morgan fingerprint density at radius 3 is 2.83 bits per heavy atom. The molecule has 0 atom stereocenters. The van der Waals surface area contributed by atoms with Gasteiger partial charge in [-0.1, -0.05) is 6.07 Å². The van der Waals surface area contributed by atoms with Crippen LogP contribution < -0.4 is 14.8 Å². The smallest absolute Gasteiger partial charge is 0.231 e. The Balaban J connectivity index is 1.67. The van der Waals surface area contributed by atoms with Crippen molar-refractivity contribution in [2.24, 2.45) is 0 Å². The molecule has 0 saturated heterocycles. The van der Waals surface area contributed by atoms with E-state index >= 15 is 0 Å². The van der Waals surface area contributed by atoms with Crippen molar-refractivity contribution in [3.8, 4) is 11.5 Å². The number of ether oxygens (including phenoxy) is 2. The molecule has 1 aliphatic heterocycles. The van der Waals surface area contributed by atoms with Crippen LogP contribution in [0.3, 0.4) is 0 Å². The fourth-order valence-electron chi connectivity index (χ4n) is 2.93. The molecule has 0 amide bonds. The molecule has 1 N–H and O–H groups in total. The molecule has 4 rings (SSSR count). The zero-order valence-corrected chi connectivity index (χ0v) is 14.0. The van der Waals surface area contributed by atoms with Crippen molar-refractivity contribution in [1.29, 1.82) is 0 Å². The van der Waals surface area contributed by atoms with Gasteiger partial charge in [-0.25, -0.2) is 9.97 Å². The summed E-state index contributed by atoms with van der Waals surface area (Å²) in [6.07, 6.45) is 0. The Kier molecular flexibility index (Phi) is 3.48. The number of hydrogen-bond donors (Lipinski definition) is 1. The topological polar surface area (TPSA) is 74.1 Å². The first kappa shape index (κ1) is 14.7. The second-order valence-corrected chi connectivity index (χ2v) is 5.76. The normalized spacial score (nSPS) is 12.8. The molecule has 1 aromatic carbocycles. The molecule has 0 bridgehead atoms. The summed E-state index contributed by atoms with van der Waals surface area (Å²) in [6.45, 7) is 7.63. The number of aromatic nitrogens is 4. The van der Waals surface area contributed by atoms with E-state index in [1.807, 2.05) is 36.7 Å². The van der Waals surface area contributed by atoms with Crippen molar-refractivity contribution in [3.63, 3.8) is 0 Å². The van der Waals surface area contributed by atoms with E-state index in [1.54, 1.807) is 0 Å². The summed E-state index contributed by atoms with van der Waals surface area (Å²) in [5, 5.41) is 7.97. The minimum Gasteiger partial charge on any atom is -0.454 e. The average molecular weight is 325 g/mol.